The van der Waals surface area contributed by atoms with E-state index in [1.807, 2.05) is 0 Å². The van der Waals surface area contributed by atoms with E-state index >= 15 is 0 Å². The van der Waals surface area contributed by atoms with Crippen molar-refractivity contribution in [3.05, 3.63) is 24.3 Å². The van der Waals surface area contributed by atoms with Gasteiger partial charge in [-0.3, -0.25) is 0 Å². The summed E-state index contributed by atoms with van der Waals surface area (Å²) in [6.45, 7) is 2.12. The monoisotopic (exact) mass is 152 g/mol. The van der Waals surface area contributed by atoms with Crippen molar-refractivity contribution in [1.82, 2.24) is 0 Å². The zero-order chi connectivity index (χ0) is 8.36. The van der Waals surface area contributed by atoms with E-state index in [0.29, 0.717) is 6.42 Å². The third kappa shape index (κ3) is 9.15. The third-order valence-electron chi connectivity index (χ3n) is 1.29. The number of carbonyl (C=O) groups is 1. The van der Waals surface area contributed by atoms with E-state index in [1.54, 1.807) is 0 Å². The van der Waals surface area contributed by atoms with Gasteiger partial charge in [-0.05, 0) is 19.3 Å². The minimum Gasteiger partial charge on any atom is -0.303 e. The minimum atomic E-state index is 0.647. The molecule has 0 spiro atoms. The largest absolute Gasteiger partial charge is 0.303 e. The molecule has 0 aliphatic carbocycles. The lowest BCUT2D eigenvalue weighted by Crippen LogP contribution is -1.69. The molecule has 0 heterocycles. The lowest BCUT2D eigenvalue weighted by Gasteiger charge is -1.82. The minimum absolute atomic E-state index is 0.647. The van der Waals surface area contributed by atoms with Crippen LogP contribution in [0, 0.1) is 0 Å². The Hall–Kier alpha value is -0.850. The van der Waals surface area contributed by atoms with E-state index < -0.39 is 0 Å². The molecule has 0 bridgehead atoms. The second kappa shape index (κ2) is 9.15. The number of rotatable bonds is 6. The molecule has 1 nitrogen and oxygen atoms in total. The average molecular weight is 152 g/mol. The summed E-state index contributed by atoms with van der Waals surface area (Å²) in [6.07, 6.45) is 13.0. The van der Waals surface area contributed by atoms with Gasteiger partial charge in [0.25, 0.3) is 0 Å². The molecular formula is C10H16O. The second-order valence-electron chi connectivity index (χ2n) is 2.33. The van der Waals surface area contributed by atoms with Gasteiger partial charge in [0.1, 0.15) is 6.29 Å². The molecule has 0 radical (unpaired) electrons. The van der Waals surface area contributed by atoms with Crippen LogP contribution < -0.4 is 0 Å². The first-order valence-electron chi connectivity index (χ1n) is 4.15. The molecule has 1 heteroatoms. The summed E-state index contributed by atoms with van der Waals surface area (Å²) in [6, 6.07) is 0. The molecule has 0 aliphatic rings. The van der Waals surface area contributed by atoms with Crippen molar-refractivity contribution in [3.63, 3.8) is 0 Å². The van der Waals surface area contributed by atoms with Gasteiger partial charge < -0.3 is 4.79 Å². The lowest BCUT2D eigenvalue weighted by atomic mass is 10.2. The summed E-state index contributed by atoms with van der Waals surface area (Å²) in [4.78, 5) is 9.89. The molecule has 0 atom stereocenters. The summed E-state index contributed by atoms with van der Waals surface area (Å²) in [5.74, 6) is 0. The summed E-state index contributed by atoms with van der Waals surface area (Å²) < 4.78 is 0. The lowest BCUT2D eigenvalue weighted by molar-refractivity contribution is -0.107. The van der Waals surface area contributed by atoms with Crippen LogP contribution in [-0.2, 0) is 4.79 Å². The molecule has 0 aromatic heterocycles. The fourth-order valence-corrected chi connectivity index (χ4v) is 0.720. The van der Waals surface area contributed by atoms with Gasteiger partial charge in [0.2, 0.25) is 0 Å². The van der Waals surface area contributed by atoms with Gasteiger partial charge >= 0.3 is 0 Å². The van der Waals surface area contributed by atoms with Gasteiger partial charge in [0, 0.05) is 6.42 Å². The Kier molecular flexibility index (Phi) is 8.44. The molecule has 0 amide bonds. The number of hydrogen-bond acceptors (Lipinski definition) is 1. The maximum atomic E-state index is 9.89. The highest BCUT2D eigenvalue weighted by atomic mass is 16.1. The van der Waals surface area contributed by atoms with Crippen LogP contribution in [0.15, 0.2) is 24.3 Å². The van der Waals surface area contributed by atoms with Gasteiger partial charge in [-0.1, -0.05) is 31.2 Å². The predicted molar refractivity (Wildman–Crippen MR) is 48.5 cm³/mol. The van der Waals surface area contributed by atoms with Gasteiger partial charge in [-0.15, -0.1) is 0 Å². The molecular weight excluding hydrogens is 136 g/mol. The smallest absolute Gasteiger partial charge is 0.120 e. The van der Waals surface area contributed by atoms with E-state index in [-0.39, 0.29) is 0 Å². The number of aldehydes is 1. The summed E-state index contributed by atoms with van der Waals surface area (Å²) in [5, 5.41) is 0. The van der Waals surface area contributed by atoms with Crippen LogP contribution in [0.25, 0.3) is 0 Å². The molecule has 0 N–H and O–H groups in total. The fourth-order valence-electron chi connectivity index (χ4n) is 0.720. The highest BCUT2D eigenvalue weighted by molar-refractivity contribution is 5.49. The molecule has 0 saturated heterocycles. The first-order chi connectivity index (χ1) is 5.41. The topological polar surface area (TPSA) is 17.1 Å². The fraction of sp³-hybridized carbons (Fsp3) is 0.500. The Morgan fingerprint density at radius 1 is 1.00 bits per heavy atom. The van der Waals surface area contributed by atoms with E-state index in [9.17, 15) is 4.79 Å². The first kappa shape index (κ1) is 10.2. The van der Waals surface area contributed by atoms with Crippen LogP contribution in [0.5, 0.6) is 0 Å². The van der Waals surface area contributed by atoms with E-state index in [4.69, 9.17) is 0 Å². The van der Waals surface area contributed by atoms with E-state index in [1.165, 1.54) is 0 Å². The third-order valence-corrected chi connectivity index (χ3v) is 1.29. The highest BCUT2D eigenvalue weighted by Crippen LogP contribution is 1.92. The SMILES string of the molecule is CCC=CCC=CCCC=O. The molecule has 0 aliphatic heterocycles. The molecule has 62 valence electrons. The normalized spacial score (nSPS) is 11.4. The maximum absolute atomic E-state index is 9.89. The Morgan fingerprint density at radius 3 is 2.36 bits per heavy atom. The van der Waals surface area contributed by atoms with E-state index in [2.05, 4.69) is 31.2 Å². The zero-order valence-electron chi connectivity index (χ0n) is 7.12. The van der Waals surface area contributed by atoms with Gasteiger partial charge in [-0.2, -0.15) is 0 Å². The van der Waals surface area contributed by atoms with Crippen molar-refractivity contribution in [2.45, 2.75) is 32.6 Å². The van der Waals surface area contributed by atoms with Gasteiger partial charge in [0.15, 0.2) is 0 Å². The van der Waals surface area contributed by atoms with Crippen LogP contribution in [0.2, 0.25) is 0 Å². The van der Waals surface area contributed by atoms with Crippen molar-refractivity contribution in [2.75, 3.05) is 0 Å². The summed E-state index contributed by atoms with van der Waals surface area (Å²) in [7, 11) is 0. The summed E-state index contributed by atoms with van der Waals surface area (Å²) >= 11 is 0. The molecule has 11 heavy (non-hydrogen) atoms. The highest BCUT2D eigenvalue weighted by Gasteiger charge is 1.76. The molecule has 0 unspecified atom stereocenters. The Morgan fingerprint density at radius 2 is 1.73 bits per heavy atom. The first-order valence-corrected chi connectivity index (χ1v) is 4.15. The van der Waals surface area contributed by atoms with Crippen molar-refractivity contribution in [1.29, 1.82) is 0 Å². The number of unbranched alkanes of at least 4 members (excludes halogenated alkanes) is 1. The number of allylic oxidation sites excluding steroid dienone is 4. The van der Waals surface area contributed by atoms with Crippen LogP contribution in [0.3, 0.4) is 0 Å². The zero-order valence-corrected chi connectivity index (χ0v) is 7.12. The van der Waals surface area contributed by atoms with E-state index in [0.717, 1.165) is 25.5 Å². The van der Waals surface area contributed by atoms with Crippen LogP contribution in [0.1, 0.15) is 32.6 Å². The van der Waals surface area contributed by atoms with Crippen molar-refractivity contribution in [2.24, 2.45) is 0 Å². The van der Waals surface area contributed by atoms with Crippen molar-refractivity contribution >= 4 is 6.29 Å². The molecule has 0 aromatic carbocycles. The van der Waals surface area contributed by atoms with Crippen LogP contribution in [-0.4, -0.2) is 6.29 Å². The van der Waals surface area contributed by atoms with Gasteiger partial charge in [0.05, 0.1) is 0 Å². The van der Waals surface area contributed by atoms with Crippen LogP contribution >= 0.6 is 0 Å². The van der Waals surface area contributed by atoms with Crippen molar-refractivity contribution in [3.8, 4) is 0 Å². The van der Waals surface area contributed by atoms with Gasteiger partial charge in [-0.25, -0.2) is 0 Å². The standard InChI is InChI=1S/C10H16O/c1-2-3-4-5-6-7-8-9-10-11/h3-4,6-7,10H,2,5,8-9H2,1H3. The Balaban J connectivity index is 3.15. The molecule has 0 rings (SSSR count). The van der Waals surface area contributed by atoms with Crippen molar-refractivity contribution < 1.29 is 4.79 Å². The Labute approximate surface area is 68.8 Å². The Bertz CT molecular complexity index is 134. The van der Waals surface area contributed by atoms with Crippen LogP contribution in [0.4, 0.5) is 0 Å². The summed E-state index contributed by atoms with van der Waals surface area (Å²) in [5.41, 5.74) is 0. The molecule has 0 fully saturated rings. The predicted octanol–water partition coefficient (Wildman–Crippen LogP) is 2.88. The number of carbonyl (C=O) groups excluding carboxylic acids is 1. The maximum Gasteiger partial charge on any atom is 0.120 e. The molecule has 0 aromatic rings. The quantitative estimate of drug-likeness (QED) is 0.325. The average Bonchev–Trinajstić information content (AvgIpc) is 2.03. The number of hydrogen-bond donors (Lipinski definition) is 0. The molecule has 0 saturated carbocycles. The second-order valence-corrected chi connectivity index (χ2v) is 2.33.